The number of rotatable bonds is 5. The first kappa shape index (κ1) is 16.4. The largest absolute Gasteiger partial charge is 0.454 e. The molecule has 0 radical (unpaired) electrons. The molecule has 25 heavy (non-hydrogen) atoms. The highest BCUT2D eigenvalue weighted by Gasteiger charge is 2.22. The highest BCUT2D eigenvalue weighted by atomic mass is 16.7. The number of nitrogens with zero attached hydrogens (tertiary/aromatic N) is 3. The van der Waals surface area contributed by atoms with Crippen LogP contribution >= 0.6 is 0 Å². The highest BCUT2D eigenvalue weighted by molar-refractivity contribution is 5.45. The van der Waals surface area contributed by atoms with Crippen molar-refractivity contribution >= 4 is 0 Å². The van der Waals surface area contributed by atoms with Crippen molar-refractivity contribution < 1.29 is 19.1 Å². The molecule has 1 saturated heterocycles. The molecular weight excluding hydrogens is 322 g/mol. The predicted molar refractivity (Wildman–Crippen MR) is 90.5 cm³/mol. The molecule has 0 bridgehead atoms. The Balaban J connectivity index is 1.28. The maximum Gasteiger partial charge on any atom is 0.231 e. The quantitative estimate of drug-likeness (QED) is 0.882. The van der Waals surface area contributed by atoms with Gasteiger partial charge in [0.15, 0.2) is 11.5 Å². The van der Waals surface area contributed by atoms with Crippen LogP contribution in [0.2, 0.25) is 0 Å². The average Bonchev–Trinajstić information content (AvgIpc) is 3.24. The number of hydrogen-bond donors (Lipinski definition) is 1. The summed E-state index contributed by atoms with van der Waals surface area (Å²) >= 11 is 0. The summed E-state index contributed by atoms with van der Waals surface area (Å²) < 4.78 is 15.8. The topological polar surface area (TPSA) is 71.2 Å². The van der Waals surface area contributed by atoms with E-state index in [1.165, 1.54) is 0 Å². The third-order valence-electron chi connectivity index (χ3n) is 4.74. The molecule has 4 rings (SSSR count). The Hall–Kier alpha value is -2.09. The fourth-order valence-corrected chi connectivity index (χ4v) is 3.32. The van der Waals surface area contributed by atoms with Crippen LogP contribution in [0.4, 0.5) is 0 Å². The minimum Gasteiger partial charge on any atom is -0.454 e. The smallest absolute Gasteiger partial charge is 0.231 e. The number of aromatic nitrogens is 1. The summed E-state index contributed by atoms with van der Waals surface area (Å²) in [4.78, 5) is 4.65. The van der Waals surface area contributed by atoms with E-state index in [2.05, 4.69) is 15.0 Å². The van der Waals surface area contributed by atoms with Crippen LogP contribution in [0.15, 0.2) is 28.8 Å². The second-order valence-electron chi connectivity index (χ2n) is 6.63. The molecule has 1 fully saturated rings. The van der Waals surface area contributed by atoms with E-state index in [1.807, 2.05) is 31.2 Å². The van der Waals surface area contributed by atoms with Crippen LogP contribution in [-0.2, 0) is 6.54 Å². The molecule has 0 saturated carbocycles. The lowest BCUT2D eigenvalue weighted by Crippen LogP contribution is -2.47. The van der Waals surface area contributed by atoms with E-state index in [4.69, 9.17) is 14.0 Å². The van der Waals surface area contributed by atoms with E-state index in [0.29, 0.717) is 12.3 Å². The van der Waals surface area contributed by atoms with Crippen molar-refractivity contribution in [3.05, 3.63) is 41.3 Å². The summed E-state index contributed by atoms with van der Waals surface area (Å²) in [5.41, 5.74) is 1.84. The normalized spacial score (nSPS) is 19.3. The van der Waals surface area contributed by atoms with Crippen molar-refractivity contribution in [1.29, 1.82) is 0 Å². The first-order valence-electron chi connectivity index (χ1n) is 8.62. The number of ether oxygens (including phenoxy) is 2. The predicted octanol–water partition coefficient (Wildman–Crippen LogP) is 1.56. The van der Waals surface area contributed by atoms with E-state index < -0.39 is 6.10 Å². The fourth-order valence-electron chi connectivity index (χ4n) is 3.32. The van der Waals surface area contributed by atoms with Crippen LogP contribution in [0.5, 0.6) is 11.5 Å². The van der Waals surface area contributed by atoms with E-state index in [0.717, 1.165) is 55.5 Å². The number of aryl methyl sites for hydroxylation is 1. The summed E-state index contributed by atoms with van der Waals surface area (Å²) in [6.45, 7) is 7.37. The van der Waals surface area contributed by atoms with Gasteiger partial charge >= 0.3 is 0 Å². The Morgan fingerprint density at radius 3 is 2.60 bits per heavy atom. The number of aliphatic hydroxyl groups excluding tert-OH is 1. The molecule has 2 aliphatic rings. The van der Waals surface area contributed by atoms with E-state index in [1.54, 1.807) is 0 Å². The van der Waals surface area contributed by atoms with Crippen LogP contribution in [-0.4, -0.2) is 59.6 Å². The molecule has 1 N–H and O–H groups in total. The molecule has 1 aromatic heterocycles. The molecule has 1 aromatic carbocycles. The van der Waals surface area contributed by atoms with Gasteiger partial charge in [0.2, 0.25) is 6.79 Å². The van der Waals surface area contributed by atoms with Gasteiger partial charge in [-0.25, -0.2) is 0 Å². The Morgan fingerprint density at radius 1 is 1.08 bits per heavy atom. The van der Waals surface area contributed by atoms with Gasteiger partial charge in [-0.05, 0) is 24.6 Å². The summed E-state index contributed by atoms with van der Waals surface area (Å²) in [5.74, 6) is 2.30. The minimum absolute atomic E-state index is 0.252. The Labute approximate surface area is 146 Å². The number of aliphatic hydroxyl groups is 1. The van der Waals surface area contributed by atoms with Crippen LogP contribution in [0.25, 0.3) is 0 Å². The van der Waals surface area contributed by atoms with Gasteiger partial charge in [-0.2, -0.15) is 0 Å². The molecular formula is C18H23N3O4. The number of hydrogen-bond acceptors (Lipinski definition) is 7. The molecule has 0 unspecified atom stereocenters. The Morgan fingerprint density at radius 2 is 1.84 bits per heavy atom. The molecule has 134 valence electrons. The number of fused-ring (bicyclic) bond motifs is 1. The molecule has 3 heterocycles. The average molecular weight is 345 g/mol. The summed E-state index contributed by atoms with van der Waals surface area (Å²) in [6, 6.07) is 7.62. The molecule has 2 aromatic rings. The van der Waals surface area contributed by atoms with Crippen molar-refractivity contribution in [3.8, 4) is 11.5 Å². The summed E-state index contributed by atoms with van der Waals surface area (Å²) in [7, 11) is 0. The lowest BCUT2D eigenvalue weighted by Gasteiger charge is -2.35. The number of benzene rings is 1. The summed E-state index contributed by atoms with van der Waals surface area (Å²) in [6.07, 6.45) is -0.528. The van der Waals surface area contributed by atoms with Gasteiger partial charge in [-0.1, -0.05) is 11.2 Å². The zero-order valence-electron chi connectivity index (χ0n) is 14.4. The van der Waals surface area contributed by atoms with Gasteiger partial charge in [0.25, 0.3) is 0 Å². The third-order valence-corrected chi connectivity index (χ3v) is 4.74. The van der Waals surface area contributed by atoms with Crippen LogP contribution in [0.3, 0.4) is 0 Å². The van der Waals surface area contributed by atoms with Crippen molar-refractivity contribution in [2.75, 3.05) is 39.5 Å². The lowest BCUT2D eigenvalue weighted by molar-refractivity contribution is 0.0692. The standard InChI is InChI=1S/C18H23N3O4/c1-13-8-15(19-25-13)10-20-4-6-21(7-5-20)11-16(22)14-2-3-17-18(9-14)24-12-23-17/h2-3,8-9,16,22H,4-7,10-12H2,1H3/t16-/m1/s1. The molecule has 0 amide bonds. The summed E-state index contributed by atoms with van der Waals surface area (Å²) in [5, 5.41) is 14.6. The Bertz CT molecular complexity index is 725. The molecule has 1 atom stereocenters. The molecule has 7 nitrogen and oxygen atoms in total. The van der Waals surface area contributed by atoms with E-state index >= 15 is 0 Å². The van der Waals surface area contributed by atoms with Gasteiger partial charge < -0.3 is 19.1 Å². The highest BCUT2D eigenvalue weighted by Crippen LogP contribution is 2.34. The molecule has 0 aliphatic carbocycles. The second-order valence-corrected chi connectivity index (χ2v) is 6.63. The minimum atomic E-state index is -0.528. The zero-order valence-corrected chi connectivity index (χ0v) is 14.4. The first-order valence-corrected chi connectivity index (χ1v) is 8.62. The number of β-amino-alcohol motifs (C(OH)–C–C–N with tert-alkyl or cyclic N) is 1. The van der Waals surface area contributed by atoms with E-state index in [-0.39, 0.29) is 6.79 Å². The maximum absolute atomic E-state index is 10.5. The monoisotopic (exact) mass is 345 g/mol. The van der Waals surface area contributed by atoms with Gasteiger partial charge in [-0.15, -0.1) is 0 Å². The lowest BCUT2D eigenvalue weighted by atomic mass is 10.1. The van der Waals surface area contributed by atoms with Gasteiger partial charge in [0, 0.05) is 45.3 Å². The second kappa shape index (κ2) is 7.03. The van der Waals surface area contributed by atoms with Crippen LogP contribution in [0, 0.1) is 6.92 Å². The van der Waals surface area contributed by atoms with Crippen LogP contribution < -0.4 is 9.47 Å². The van der Waals surface area contributed by atoms with Crippen molar-refractivity contribution in [3.63, 3.8) is 0 Å². The van der Waals surface area contributed by atoms with Gasteiger partial charge in [0.05, 0.1) is 11.8 Å². The van der Waals surface area contributed by atoms with Gasteiger partial charge in [-0.3, -0.25) is 9.80 Å². The zero-order chi connectivity index (χ0) is 17.2. The van der Waals surface area contributed by atoms with Crippen molar-refractivity contribution in [2.45, 2.75) is 19.6 Å². The first-order chi connectivity index (χ1) is 12.2. The SMILES string of the molecule is Cc1cc(CN2CCN(C[C@@H](O)c3ccc4c(c3)OCO4)CC2)no1. The van der Waals surface area contributed by atoms with Gasteiger partial charge in [0.1, 0.15) is 5.76 Å². The molecule has 7 heteroatoms. The molecule has 0 spiro atoms. The fraction of sp³-hybridized carbons (Fsp3) is 0.500. The third kappa shape index (κ3) is 3.78. The van der Waals surface area contributed by atoms with Crippen LogP contribution in [0.1, 0.15) is 23.1 Å². The van der Waals surface area contributed by atoms with Crippen molar-refractivity contribution in [1.82, 2.24) is 15.0 Å². The molecule has 2 aliphatic heterocycles. The maximum atomic E-state index is 10.5. The Kier molecular flexibility index (Phi) is 4.61. The number of piperazine rings is 1. The van der Waals surface area contributed by atoms with E-state index in [9.17, 15) is 5.11 Å². The van der Waals surface area contributed by atoms with Crippen molar-refractivity contribution in [2.24, 2.45) is 0 Å².